The van der Waals surface area contributed by atoms with Crippen molar-refractivity contribution in [3.63, 3.8) is 0 Å². The number of hydrogen-bond acceptors (Lipinski definition) is 10. The third-order valence-corrected chi connectivity index (χ3v) is 5.46. The lowest BCUT2D eigenvalue weighted by molar-refractivity contribution is 0.410. The third kappa shape index (κ3) is 3.62. The smallest absolute Gasteiger partial charge is 0.262 e. The van der Waals surface area contributed by atoms with Crippen LogP contribution in [-0.4, -0.2) is 63.1 Å². The highest BCUT2D eigenvalue weighted by molar-refractivity contribution is 7.92. The van der Waals surface area contributed by atoms with Crippen LogP contribution >= 0.6 is 0 Å². The largest absolute Gasteiger partial charge is 0.494 e. The molecule has 154 valence electrons. The van der Waals surface area contributed by atoms with Crippen molar-refractivity contribution in [1.29, 1.82) is 0 Å². The van der Waals surface area contributed by atoms with E-state index in [1.165, 1.54) is 54.4 Å². The average molecular weight is 429 g/mol. The van der Waals surface area contributed by atoms with E-state index in [4.69, 9.17) is 9.47 Å². The molecule has 0 fully saturated rings. The quantitative estimate of drug-likeness (QED) is 0.438. The summed E-state index contributed by atoms with van der Waals surface area (Å²) in [6.45, 7) is 0. The molecule has 2 aromatic heterocycles. The van der Waals surface area contributed by atoms with Crippen molar-refractivity contribution in [2.75, 3.05) is 18.9 Å². The van der Waals surface area contributed by atoms with Crippen molar-refractivity contribution in [3.8, 4) is 22.9 Å². The Bertz CT molecular complexity index is 1260. The number of anilines is 1. The summed E-state index contributed by atoms with van der Waals surface area (Å²) in [4.78, 5) is -0.000283. The molecule has 0 spiro atoms. The number of nitrogens with one attached hydrogen (secondary N) is 1. The van der Waals surface area contributed by atoms with Gasteiger partial charge in [-0.15, -0.1) is 10.2 Å². The topological polar surface area (TPSA) is 152 Å². The highest BCUT2D eigenvalue weighted by Gasteiger charge is 2.19. The summed E-state index contributed by atoms with van der Waals surface area (Å²) >= 11 is 0. The second-order valence-electron chi connectivity index (χ2n) is 5.83. The van der Waals surface area contributed by atoms with Crippen LogP contribution in [0.25, 0.3) is 11.4 Å². The molecule has 0 saturated carbocycles. The predicted molar refractivity (Wildman–Crippen MR) is 102 cm³/mol. The lowest BCUT2D eigenvalue weighted by Gasteiger charge is -2.13. The summed E-state index contributed by atoms with van der Waals surface area (Å²) in [5.74, 6) is 0.672. The summed E-state index contributed by atoms with van der Waals surface area (Å²) in [5, 5.41) is 21.9. The van der Waals surface area contributed by atoms with Gasteiger partial charge < -0.3 is 9.47 Å². The van der Waals surface area contributed by atoms with E-state index in [-0.39, 0.29) is 10.6 Å². The van der Waals surface area contributed by atoms with Gasteiger partial charge in [-0.05, 0) is 45.1 Å². The maximum Gasteiger partial charge on any atom is 0.262 e. The van der Waals surface area contributed by atoms with E-state index < -0.39 is 10.0 Å². The Balaban J connectivity index is 1.65. The monoisotopic (exact) mass is 429 g/mol. The molecule has 2 heterocycles. The van der Waals surface area contributed by atoms with E-state index in [0.29, 0.717) is 22.8 Å². The van der Waals surface area contributed by atoms with E-state index in [0.717, 1.165) is 0 Å². The van der Waals surface area contributed by atoms with Gasteiger partial charge >= 0.3 is 0 Å². The lowest BCUT2D eigenvalue weighted by atomic mass is 10.2. The molecule has 0 bridgehead atoms. The van der Waals surface area contributed by atoms with Crippen LogP contribution in [0.2, 0.25) is 0 Å². The number of sulfonamides is 1. The molecule has 0 radical (unpaired) electrons. The lowest BCUT2D eigenvalue weighted by Crippen LogP contribution is -2.14. The summed E-state index contributed by atoms with van der Waals surface area (Å²) in [7, 11) is -1.03. The molecule has 0 unspecified atom stereocenters. The van der Waals surface area contributed by atoms with Crippen molar-refractivity contribution < 1.29 is 17.9 Å². The van der Waals surface area contributed by atoms with Gasteiger partial charge in [-0.3, -0.25) is 4.72 Å². The number of methoxy groups -OCH3 is 2. The normalized spacial score (nSPS) is 11.3. The SMILES string of the molecule is COc1cc(NS(=O)(=O)c2ccc(-n3cnnn3)c(OC)c2)ccc1-n1cnnn1. The molecule has 0 aliphatic rings. The third-order valence-electron chi connectivity index (χ3n) is 4.09. The molecule has 0 aliphatic heterocycles. The van der Waals surface area contributed by atoms with Crippen LogP contribution in [0.1, 0.15) is 0 Å². The van der Waals surface area contributed by atoms with Crippen LogP contribution in [0.3, 0.4) is 0 Å². The fourth-order valence-corrected chi connectivity index (χ4v) is 3.77. The zero-order valence-corrected chi connectivity index (χ0v) is 16.6. The fourth-order valence-electron chi connectivity index (χ4n) is 2.70. The average Bonchev–Trinajstić information content (AvgIpc) is 3.47. The Morgan fingerprint density at radius 1 is 0.833 bits per heavy atom. The summed E-state index contributed by atoms with van der Waals surface area (Å²) in [6, 6.07) is 9.09. The highest BCUT2D eigenvalue weighted by Crippen LogP contribution is 2.29. The Morgan fingerprint density at radius 3 is 1.93 bits per heavy atom. The van der Waals surface area contributed by atoms with E-state index in [1.807, 2.05) is 0 Å². The van der Waals surface area contributed by atoms with Gasteiger partial charge in [-0.2, -0.15) is 9.36 Å². The first-order chi connectivity index (χ1) is 14.5. The van der Waals surface area contributed by atoms with Gasteiger partial charge in [0.05, 0.1) is 24.8 Å². The molecule has 13 nitrogen and oxygen atoms in total. The standard InChI is InChI=1S/C16H15N9O4S/c1-28-15-7-11(3-5-13(15)24-9-17-20-22-24)19-30(26,27)12-4-6-14(16(8-12)29-2)25-10-18-21-23-25/h3-10,19H,1-2H3. The first kappa shape index (κ1) is 19.3. The van der Waals surface area contributed by atoms with Gasteiger partial charge in [0.15, 0.2) is 0 Å². The Morgan fingerprint density at radius 2 is 1.40 bits per heavy atom. The molecule has 4 aromatic rings. The molecule has 4 rings (SSSR count). The molecule has 0 atom stereocenters. The Hall–Kier alpha value is -4.07. The van der Waals surface area contributed by atoms with Crippen molar-refractivity contribution in [2.24, 2.45) is 0 Å². The number of ether oxygens (including phenoxy) is 2. The molecule has 14 heteroatoms. The molecular weight excluding hydrogens is 414 g/mol. The van der Waals surface area contributed by atoms with E-state index in [2.05, 4.69) is 35.8 Å². The van der Waals surface area contributed by atoms with Crippen LogP contribution in [0.4, 0.5) is 5.69 Å². The van der Waals surface area contributed by atoms with E-state index in [1.54, 1.807) is 18.2 Å². The van der Waals surface area contributed by atoms with Gasteiger partial charge in [-0.25, -0.2) is 8.42 Å². The van der Waals surface area contributed by atoms with Crippen LogP contribution in [0.5, 0.6) is 11.5 Å². The Kier molecular flexibility index (Phi) is 4.97. The molecular formula is C16H15N9O4S. The zero-order valence-electron chi connectivity index (χ0n) is 15.7. The first-order valence-electron chi connectivity index (χ1n) is 8.37. The minimum absolute atomic E-state index is 0.000283. The number of aromatic nitrogens is 8. The maximum atomic E-state index is 12.9. The Labute approximate surface area is 170 Å². The zero-order chi connectivity index (χ0) is 21.1. The molecule has 0 aliphatic carbocycles. The van der Waals surface area contributed by atoms with Crippen LogP contribution < -0.4 is 14.2 Å². The molecule has 2 aromatic carbocycles. The first-order valence-corrected chi connectivity index (χ1v) is 9.86. The van der Waals surface area contributed by atoms with Crippen molar-refractivity contribution in [2.45, 2.75) is 4.90 Å². The van der Waals surface area contributed by atoms with Crippen LogP contribution in [0, 0.1) is 0 Å². The second-order valence-corrected chi connectivity index (χ2v) is 7.52. The minimum Gasteiger partial charge on any atom is -0.494 e. The second kappa shape index (κ2) is 7.75. The summed E-state index contributed by atoms with van der Waals surface area (Å²) in [5.41, 5.74) is 1.35. The number of hydrogen-bond donors (Lipinski definition) is 1. The van der Waals surface area contributed by atoms with Gasteiger partial charge in [-0.1, -0.05) is 0 Å². The number of tetrazole rings is 2. The van der Waals surface area contributed by atoms with E-state index >= 15 is 0 Å². The fraction of sp³-hybridized carbons (Fsp3) is 0.125. The van der Waals surface area contributed by atoms with Gasteiger partial charge in [0, 0.05) is 12.1 Å². The van der Waals surface area contributed by atoms with Crippen molar-refractivity contribution >= 4 is 15.7 Å². The number of rotatable bonds is 7. The van der Waals surface area contributed by atoms with Gasteiger partial charge in [0.2, 0.25) is 0 Å². The van der Waals surface area contributed by atoms with Crippen LogP contribution in [0.15, 0.2) is 53.9 Å². The highest BCUT2D eigenvalue weighted by atomic mass is 32.2. The number of benzene rings is 2. The van der Waals surface area contributed by atoms with Gasteiger partial charge in [0.25, 0.3) is 10.0 Å². The van der Waals surface area contributed by atoms with Gasteiger partial charge in [0.1, 0.15) is 35.5 Å². The summed E-state index contributed by atoms with van der Waals surface area (Å²) < 4.78 is 41.7. The molecule has 0 amide bonds. The molecule has 30 heavy (non-hydrogen) atoms. The minimum atomic E-state index is -3.92. The summed E-state index contributed by atoms with van der Waals surface area (Å²) in [6.07, 6.45) is 2.78. The molecule has 1 N–H and O–H groups in total. The number of nitrogens with zero attached hydrogens (tertiary/aromatic N) is 8. The van der Waals surface area contributed by atoms with Crippen molar-refractivity contribution in [1.82, 2.24) is 40.4 Å². The van der Waals surface area contributed by atoms with Crippen molar-refractivity contribution in [3.05, 3.63) is 49.1 Å². The molecule has 0 saturated heterocycles. The van der Waals surface area contributed by atoms with E-state index in [9.17, 15) is 8.42 Å². The maximum absolute atomic E-state index is 12.9. The predicted octanol–water partition coefficient (Wildman–Crippen LogP) is 0.456. The van der Waals surface area contributed by atoms with Crippen LogP contribution in [-0.2, 0) is 10.0 Å².